The second kappa shape index (κ2) is 3.86. The minimum atomic E-state index is -0.862. The number of alkyl halides is 2. The smallest absolute Gasteiger partial charge is 0.122 e. The summed E-state index contributed by atoms with van der Waals surface area (Å²) in [4.78, 5) is 0. The van der Waals surface area contributed by atoms with Crippen molar-refractivity contribution in [3.8, 4) is 0 Å². The molecule has 2 heteroatoms. The molecule has 1 aromatic carbocycles. The van der Waals surface area contributed by atoms with E-state index in [1.165, 1.54) is 5.56 Å². The maximum atomic E-state index is 12.7. The van der Waals surface area contributed by atoms with E-state index in [1.54, 1.807) is 6.92 Å². The summed E-state index contributed by atoms with van der Waals surface area (Å²) in [6.07, 6.45) is -0.862. The van der Waals surface area contributed by atoms with Crippen LogP contribution < -0.4 is 0 Å². The minimum absolute atomic E-state index is 0.745. The highest BCUT2D eigenvalue weighted by Gasteiger charge is 2.00. The topological polar surface area (TPSA) is 0 Å². The first-order valence-electron chi connectivity index (χ1n) is 3.53. The maximum absolute atomic E-state index is 12.7. The van der Waals surface area contributed by atoms with Crippen LogP contribution in [0.3, 0.4) is 0 Å². The van der Waals surface area contributed by atoms with Gasteiger partial charge in [0, 0.05) is 5.33 Å². The first kappa shape index (κ1) is 8.72. The highest BCUT2D eigenvalue weighted by atomic mass is 79.9. The summed E-state index contributed by atoms with van der Waals surface area (Å²) in [7, 11) is 0. The van der Waals surface area contributed by atoms with E-state index >= 15 is 0 Å². The van der Waals surface area contributed by atoms with Crippen LogP contribution in [-0.4, -0.2) is 0 Å². The number of benzene rings is 1. The molecule has 60 valence electrons. The molecule has 1 atom stereocenters. The monoisotopic (exact) mass is 216 g/mol. The Balaban J connectivity index is 2.83. The summed E-state index contributed by atoms with van der Waals surface area (Å²) in [5.41, 5.74) is 1.92. The molecule has 0 aromatic heterocycles. The van der Waals surface area contributed by atoms with Gasteiger partial charge in [0.15, 0.2) is 0 Å². The molecular formula is C9H10BrF. The Morgan fingerprint density at radius 3 is 2.27 bits per heavy atom. The summed E-state index contributed by atoms with van der Waals surface area (Å²) in [6.45, 7) is 1.54. The average molecular weight is 217 g/mol. The van der Waals surface area contributed by atoms with E-state index in [0.717, 1.165) is 10.9 Å². The van der Waals surface area contributed by atoms with E-state index in [9.17, 15) is 4.39 Å². The van der Waals surface area contributed by atoms with Gasteiger partial charge >= 0.3 is 0 Å². The highest BCUT2D eigenvalue weighted by molar-refractivity contribution is 9.08. The van der Waals surface area contributed by atoms with Gasteiger partial charge in [0.25, 0.3) is 0 Å². The lowest BCUT2D eigenvalue weighted by Gasteiger charge is -2.01. The molecule has 0 bridgehead atoms. The van der Waals surface area contributed by atoms with Crippen LogP contribution in [0.5, 0.6) is 0 Å². The third-order valence-electron chi connectivity index (χ3n) is 1.59. The fourth-order valence-corrected chi connectivity index (χ4v) is 1.25. The lowest BCUT2D eigenvalue weighted by atomic mass is 10.1. The lowest BCUT2D eigenvalue weighted by Crippen LogP contribution is -1.85. The number of hydrogen-bond donors (Lipinski definition) is 0. The molecule has 0 saturated carbocycles. The normalized spacial score (nSPS) is 13.0. The average Bonchev–Trinajstić information content (AvgIpc) is 2.05. The largest absolute Gasteiger partial charge is 0.243 e. The zero-order valence-electron chi connectivity index (χ0n) is 6.35. The molecule has 0 amide bonds. The molecule has 11 heavy (non-hydrogen) atoms. The van der Waals surface area contributed by atoms with Gasteiger partial charge < -0.3 is 0 Å². The Kier molecular flexibility index (Phi) is 3.06. The molecule has 1 aromatic rings. The van der Waals surface area contributed by atoms with E-state index < -0.39 is 6.17 Å². The van der Waals surface area contributed by atoms with Gasteiger partial charge in [-0.2, -0.15) is 0 Å². The number of hydrogen-bond acceptors (Lipinski definition) is 0. The maximum Gasteiger partial charge on any atom is 0.122 e. The Hall–Kier alpha value is -0.370. The fraction of sp³-hybridized carbons (Fsp3) is 0.333. The van der Waals surface area contributed by atoms with Crippen LogP contribution in [0, 0.1) is 0 Å². The quantitative estimate of drug-likeness (QED) is 0.663. The molecule has 0 aliphatic rings. The molecule has 0 heterocycles. The third kappa shape index (κ3) is 2.29. The van der Waals surface area contributed by atoms with E-state index in [0.29, 0.717) is 0 Å². The van der Waals surface area contributed by atoms with Crippen molar-refractivity contribution in [2.45, 2.75) is 18.4 Å². The lowest BCUT2D eigenvalue weighted by molar-refractivity contribution is 0.374. The summed E-state index contributed by atoms with van der Waals surface area (Å²) in [5.74, 6) is 0. The van der Waals surface area contributed by atoms with Crippen LogP contribution in [0.1, 0.15) is 24.2 Å². The van der Waals surface area contributed by atoms with Crippen molar-refractivity contribution in [2.24, 2.45) is 0 Å². The summed E-state index contributed by atoms with van der Waals surface area (Å²) in [6, 6.07) is 7.50. The van der Waals surface area contributed by atoms with Crippen LogP contribution in [-0.2, 0) is 5.33 Å². The highest BCUT2D eigenvalue weighted by Crippen LogP contribution is 2.17. The third-order valence-corrected chi connectivity index (χ3v) is 2.24. The van der Waals surface area contributed by atoms with Gasteiger partial charge in [0.05, 0.1) is 0 Å². The Morgan fingerprint density at radius 2 is 1.91 bits per heavy atom. The molecule has 1 unspecified atom stereocenters. The van der Waals surface area contributed by atoms with Crippen molar-refractivity contribution < 1.29 is 4.39 Å². The van der Waals surface area contributed by atoms with Gasteiger partial charge in [0.1, 0.15) is 6.17 Å². The SMILES string of the molecule is CC(F)c1ccc(CBr)cc1. The summed E-state index contributed by atoms with van der Waals surface area (Å²) >= 11 is 3.33. The zero-order chi connectivity index (χ0) is 8.27. The Morgan fingerprint density at radius 1 is 1.36 bits per heavy atom. The molecule has 0 fully saturated rings. The van der Waals surface area contributed by atoms with Gasteiger partial charge in [-0.15, -0.1) is 0 Å². The molecular weight excluding hydrogens is 207 g/mol. The molecule has 0 spiro atoms. The summed E-state index contributed by atoms with van der Waals surface area (Å²) in [5, 5.41) is 0.827. The fourth-order valence-electron chi connectivity index (χ4n) is 0.872. The van der Waals surface area contributed by atoms with Crippen LogP contribution in [0.25, 0.3) is 0 Å². The van der Waals surface area contributed by atoms with Crippen LogP contribution in [0.4, 0.5) is 4.39 Å². The first-order valence-corrected chi connectivity index (χ1v) is 4.65. The molecule has 1 rings (SSSR count). The first-order chi connectivity index (χ1) is 5.24. The predicted molar refractivity (Wildman–Crippen MR) is 48.6 cm³/mol. The van der Waals surface area contributed by atoms with Crippen molar-refractivity contribution in [1.82, 2.24) is 0 Å². The van der Waals surface area contributed by atoms with Crippen molar-refractivity contribution in [3.05, 3.63) is 35.4 Å². The Bertz CT molecular complexity index is 216. The molecule has 0 aliphatic heterocycles. The number of rotatable bonds is 2. The Labute approximate surface area is 74.6 Å². The number of halogens is 2. The van der Waals surface area contributed by atoms with Gasteiger partial charge in [0.2, 0.25) is 0 Å². The van der Waals surface area contributed by atoms with Gasteiger partial charge in [-0.3, -0.25) is 0 Å². The minimum Gasteiger partial charge on any atom is -0.243 e. The van der Waals surface area contributed by atoms with Gasteiger partial charge in [-0.1, -0.05) is 40.2 Å². The second-order valence-corrected chi connectivity index (χ2v) is 3.05. The van der Waals surface area contributed by atoms with E-state index in [2.05, 4.69) is 15.9 Å². The van der Waals surface area contributed by atoms with E-state index in [-0.39, 0.29) is 0 Å². The predicted octanol–water partition coefficient (Wildman–Crippen LogP) is 3.61. The second-order valence-electron chi connectivity index (χ2n) is 2.49. The molecule has 0 nitrogen and oxygen atoms in total. The standard InChI is InChI=1S/C9H10BrF/c1-7(11)9-4-2-8(6-10)3-5-9/h2-5,7H,6H2,1H3. The van der Waals surface area contributed by atoms with E-state index in [1.807, 2.05) is 24.3 Å². The van der Waals surface area contributed by atoms with Crippen molar-refractivity contribution in [2.75, 3.05) is 0 Å². The van der Waals surface area contributed by atoms with Crippen molar-refractivity contribution >= 4 is 15.9 Å². The molecule has 0 aliphatic carbocycles. The van der Waals surface area contributed by atoms with Gasteiger partial charge in [-0.25, -0.2) is 4.39 Å². The molecule has 0 N–H and O–H groups in total. The molecule has 0 radical (unpaired) electrons. The molecule has 0 saturated heterocycles. The van der Waals surface area contributed by atoms with E-state index in [4.69, 9.17) is 0 Å². The van der Waals surface area contributed by atoms with Crippen LogP contribution in [0.2, 0.25) is 0 Å². The van der Waals surface area contributed by atoms with Crippen LogP contribution in [0.15, 0.2) is 24.3 Å². The zero-order valence-corrected chi connectivity index (χ0v) is 7.94. The van der Waals surface area contributed by atoms with Crippen molar-refractivity contribution in [3.63, 3.8) is 0 Å². The van der Waals surface area contributed by atoms with Gasteiger partial charge in [-0.05, 0) is 18.1 Å². The van der Waals surface area contributed by atoms with Crippen LogP contribution >= 0.6 is 15.9 Å². The van der Waals surface area contributed by atoms with Crippen molar-refractivity contribution in [1.29, 1.82) is 0 Å². The summed E-state index contributed by atoms with van der Waals surface area (Å²) < 4.78 is 12.7.